The zero-order chi connectivity index (χ0) is 20.4. The SMILES string of the molecule is CC(C)CN1CCN(C(=O)CCSCc2nc3sc4c(c3c(=O)[nH]2)CCC4)CC1. The molecule has 2 aromatic rings. The number of carbonyl (C=O) groups excluding carboxylic acids is 1. The molecule has 0 unspecified atom stereocenters. The van der Waals surface area contributed by atoms with Gasteiger partial charge in [0.25, 0.3) is 5.56 Å². The first-order chi connectivity index (χ1) is 14.0. The number of aryl methyl sites for hydroxylation is 2. The second-order valence-electron chi connectivity index (χ2n) is 8.43. The van der Waals surface area contributed by atoms with E-state index in [1.807, 2.05) is 4.90 Å². The van der Waals surface area contributed by atoms with Crippen molar-refractivity contribution in [2.75, 3.05) is 38.5 Å². The number of nitrogens with zero attached hydrogens (tertiary/aromatic N) is 3. The largest absolute Gasteiger partial charge is 0.340 e. The molecule has 0 bridgehead atoms. The standard InChI is InChI=1S/C21H30N4O2S2/c1-14(2)12-24-7-9-25(10-8-24)18(26)6-11-28-13-17-22-20(27)19-15-4-3-5-16(15)29-21(19)23-17/h14H,3-13H2,1-2H3,(H,22,23,27). The van der Waals surface area contributed by atoms with Crippen LogP contribution in [0.4, 0.5) is 0 Å². The van der Waals surface area contributed by atoms with Crippen LogP contribution in [-0.2, 0) is 23.4 Å². The summed E-state index contributed by atoms with van der Waals surface area (Å²) in [5, 5.41) is 0.808. The summed E-state index contributed by atoms with van der Waals surface area (Å²) in [7, 11) is 0. The van der Waals surface area contributed by atoms with Crippen molar-refractivity contribution in [2.24, 2.45) is 5.92 Å². The van der Waals surface area contributed by atoms with Gasteiger partial charge in [0.2, 0.25) is 5.91 Å². The monoisotopic (exact) mass is 434 g/mol. The number of piperazine rings is 1. The number of aromatic amines is 1. The Bertz CT molecular complexity index is 929. The Morgan fingerprint density at radius 3 is 2.79 bits per heavy atom. The Kier molecular flexibility index (Phi) is 6.61. The molecule has 1 amide bonds. The van der Waals surface area contributed by atoms with E-state index in [4.69, 9.17) is 0 Å². The van der Waals surface area contributed by atoms with Crippen LogP contribution in [0.2, 0.25) is 0 Å². The number of rotatable bonds is 7. The molecule has 0 saturated carbocycles. The van der Waals surface area contributed by atoms with E-state index in [0.717, 1.165) is 73.8 Å². The third-order valence-corrected chi connectivity index (χ3v) is 7.83. The number of carbonyl (C=O) groups is 1. The normalized spacial score (nSPS) is 17.4. The molecule has 2 aliphatic rings. The highest BCUT2D eigenvalue weighted by Crippen LogP contribution is 2.34. The van der Waals surface area contributed by atoms with Gasteiger partial charge >= 0.3 is 0 Å². The van der Waals surface area contributed by atoms with Crippen molar-refractivity contribution in [3.63, 3.8) is 0 Å². The Hall–Kier alpha value is -1.38. The first-order valence-electron chi connectivity index (χ1n) is 10.6. The third kappa shape index (κ3) is 4.86. The summed E-state index contributed by atoms with van der Waals surface area (Å²) < 4.78 is 0. The molecule has 0 aromatic carbocycles. The molecule has 0 radical (unpaired) electrons. The molecule has 0 spiro atoms. The Morgan fingerprint density at radius 2 is 2.03 bits per heavy atom. The van der Waals surface area contributed by atoms with Crippen LogP contribution in [0.15, 0.2) is 4.79 Å². The maximum atomic E-state index is 12.5. The number of H-pyrrole nitrogens is 1. The van der Waals surface area contributed by atoms with Gasteiger partial charge in [0.1, 0.15) is 10.7 Å². The second-order valence-corrected chi connectivity index (χ2v) is 10.6. The van der Waals surface area contributed by atoms with Gasteiger partial charge in [-0.2, -0.15) is 11.8 Å². The smallest absolute Gasteiger partial charge is 0.259 e. The Morgan fingerprint density at radius 1 is 1.24 bits per heavy atom. The summed E-state index contributed by atoms with van der Waals surface area (Å²) in [5.74, 6) is 3.04. The van der Waals surface area contributed by atoms with E-state index < -0.39 is 0 Å². The van der Waals surface area contributed by atoms with Gasteiger partial charge in [-0.25, -0.2) is 4.98 Å². The maximum Gasteiger partial charge on any atom is 0.259 e. The van der Waals surface area contributed by atoms with E-state index in [1.54, 1.807) is 23.1 Å². The molecule has 4 rings (SSSR count). The summed E-state index contributed by atoms with van der Waals surface area (Å²) in [6.45, 7) is 9.22. The minimum Gasteiger partial charge on any atom is -0.340 e. The van der Waals surface area contributed by atoms with Crippen LogP contribution in [0, 0.1) is 5.92 Å². The number of hydrogen-bond donors (Lipinski definition) is 1. The van der Waals surface area contributed by atoms with Gasteiger partial charge in [-0.15, -0.1) is 11.3 Å². The van der Waals surface area contributed by atoms with Crippen molar-refractivity contribution < 1.29 is 4.79 Å². The fourth-order valence-electron chi connectivity index (χ4n) is 4.30. The van der Waals surface area contributed by atoms with Crippen LogP contribution in [0.1, 0.15) is 43.0 Å². The number of nitrogens with one attached hydrogen (secondary N) is 1. The number of thiophene rings is 1. The molecule has 1 aliphatic heterocycles. The van der Waals surface area contributed by atoms with E-state index >= 15 is 0 Å². The highest BCUT2D eigenvalue weighted by Gasteiger charge is 2.22. The van der Waals surface area contributed by atoms with Crippen molar-refractivity contribution in [1.29, 1.82) is 0 Å². The molecular weight excluding hydrogens is 404 g/mol. The summed E-state index contributed by atoms with van der Waals surface area (Å²) in [6.07, 6.45) is 3.78. The van der Waals surface area contributed by atoms with Gasteiger partial charge in [0.05, 0.1) is 11.1 Å². The molecule has 1 fully saturated rings. The molecule has 29 heavy (non-hydrogen) atoms. The van der Waals surface area contributed by atoms with Gasteiger partial charge in [0, 0.05) is 49.8 Å². The number of amides is 1. The second kappa shape index (κ2) is 9.18. The van der Waals surface area contributed by atoms with Crippen molar-refractivity contribution >= 4 is 39.2 Å². The van der Waals surface area contributed by atoms with E-state index in [0.29, 0.717) is 18.1 Å². The fourth-order valence-corrected chi connectivity index (χ4v) is 6.37. The van der Waals surface area contributed by atoms with Crippen LogP contribution in [0.3, 0.4) is 0 Å². The number of hydrogen-bond acceptors (Lipinski definition) is 6. The number of thioether (sulfide) groups is 1. The lowest BCUT2D eigenvalue weighted by Crippen LogP contribution is -2.49. The van der Waals surface area contributed by atoms with Crippen molar-refractivity contribution in [1.82, 2.24) is 19.8 Å². The zero-order valence-electron chi connectivity index (χ0n) is 17.3. The predicted octanol–water partition coefficient (Wildman–Crippen LogP) is 2.90. The predicted molar refractivity (Wildman–Crippen MR) is 121 cm³/mol. The topological polar surface area (TPSA) is 69.3 Å². The summed E-state index contributed by atoms with van der Waals surface area (Å²) in [5.41, 5.74) is 1.22. The third-order valence-electron chi connectivity index (χ3n) is 5.67. The van der Waals surface area contributed by atoms with Crippen LogP contribution in [0.5, 0.6) is 0 Å². The van der Waals surface area contributed by atoms with Crippen LogP contribution < -0.4 is 5.56 Å². The van der Waals surface area contributed by atoms with Gasteiger partial charge in [0.15, 0.2) is 0 Å². The molecule has 8 heteroatoms. The van der Waals surface area contributed by atoms with Crippen LogP contribution >= 0.6 is 23.1 Å². The quantitative estimate of drug-likeness (QED) is 0.679. The average molecular weight is 435 g/mol. The summed E-state index contributed by atoms with van der Waals surface area (Å²) >= 11 is 3.35. The van der Waals surface area contributed by atoms with E-state index in [-0.39, 0.29) is 11.5 Å². The van der Waals surface area contributed by atoms with E-state index in [2.05, 4.69) is 28.7 Å². The van der Waals surface area contributed by atoms with Gasteiger partial charge < -0.3 is 9.88 Å². The zero-order valence-corrected chi connectivity index (χ0v) is 19.0. The molecule has 1 saturated heterocycles. The maximum absolute atomic E-state index is 12.5. The van der Waals surface area contributed by atoms with Crippen molar-refractivity contribution in [3.05, 3.63) is 26.6 Å². The number of aromatic nitrogens is 2. The molecule has 1 aliphatic carbocycles. The molecule has 1 N–H and O–H groups in total. The van der Waals surface area contributed by atoms with Gasteiger partial charge in [-0.05, 0) is 30.7 Å². The lowest BCUT2D eigenvalue weighted by molar-refractivity contribution is -0.132. The van der Waals surface area contributed by atoms with Gasteiger partial charge in [-0.3, -0.25) is 14.5 Å². The Balaban J connectivity index is 1.24. The average Bonchev–Trinajstić information content (AvgIpc) is 3.26. The lowest BCUT2D eigenvalue weighted by atomic mass is 10.2. The fraction of sp³-hybridized carbons (Fsp3) is 0.667. The van der Waals surface area contributed by atoms with Gasteiger partial charge in [-0.1, -0.05) is 13.8 Å². The van der Waals surface area contributed by atoms with E-state index in [1.165, 1.54) is 10.4 Å². The summed E-state index contributed by atoms with van der Waals surface area (Å²) in [4.78, 5) is 39.3. The van der Waals surface area contributed by atoms with Crippen molar-refractivity contribution in [3.8, 4) is 0 Å². The highest BCUT2D eigenvalue weighted by molar-refractivity contribution is 7.98. The number of fused-ring (bicyclic) bond motifs is 3. The minimum atomic E-state index is 0.000319. The van der Waals surface area contributed by atoms with Crippen molar-refractivity contribution in [2.45, 2.75) is 45.3 Å². The van der Waals surface area contributed by atoms with Crippen LogP contribution in [0.25, 0.3) is 10.2 Å². The van der Waals surface area contributed by atoms with E-state index in [9.17, 15) is 9.59 Å². The summed E-state index contributed by atoms with van der Waals surface area (Å²) in [6, 6.07) is 0. The molecule has 6 nitrogen and oxygen atoms in total. The first-order valence-corrected chi connectivity index (χ1v) is 12.6. The highest BCUT2D eigenvalue weighted by atomic mass is 32.2. The molecule has 2 aromatic heterocycles. The molecule has 158 valence electrons. The minimum absolute atomic E-state index is 0.000319. The first kappa shape index (κ1) is 20.9. The molecule has 3 heterocycles. The molecule has 0 atom stereocenters. The Labute approximate surface area is 180 Å². The molecular formula is C21H30N4O2S2. The lowest BCUT2D eigenvalue weighted by Gasteiger charge is -2.35. The van der Waals surface area contributed by atoms with Crippen LogP contribution in [-0.4, -0.2) is 64.2 Å².